The Morgan fingerprint density at radius 1 is 1.45 bits per heavy atom. The Balaban J connectivity index is 2.90. The van der Waals surface area contributed by atoms with Crippen molar-refractivity contribution in [1.29, 1.82) is 5.26 Å². The van der Waals surface area contributed by atoms with Gasteiger partial charge in [-0.25, -0.2) is 0 Å². The predicted octanol–water partition coefficient (Wildman–Crippen LogP) is 2.99. The first-order chi connectivity index (χ1) is 5.33. The van der Waals surface area contributed by atoms with Gasteiger partial charge in [0.15, 0.2) is 0 Å². The molecule has 1 nitrogen and oxygen atoms in total. The van der Waals surface area contributed by atoms with E-state index in [0.29, 0.717) is 0 Å². The summed E-state index contributed by atoms with van der Waals surface area (Å²) in [6.45, 7) is 0. The normalized spacial score (nSPS) is 9.82. The third kappa shape index (κ3) is 2.57. The van der Waals surface area contributed by atoms with Gasteiger partial charge in [-0.2, -0.15) is 5.26 Å². The third-order valence-electron chi connectivity index (χ3n) is 1.20. The van der Waals surface area contributed by atoms with Gasteiger partial charge in [0, 0.05) is 10.5 Å². The highest BCUT2D eigenvalue weighted by Gasteiger charge is 1.86. The number of allylic oxidation sites excluding steroid dienone is 1. The van der Waals surface area contributed by atoms with Gasteiger partial charge >= 0.3 is 0 Å². The maximum absolute atomic E-state index is 8.25. The van der Waals surface area contributed by atoms with Crippen LogP contribution in [0.2, 0.25) is 0 Å². The fourth-order valence-corrected chi connectivity index (χ4v) is 1.16. The van der Waals surface area contributed by atoms with Gasteiger partial charge in [0.25, 0.3) is 0 Å². The second-order valence-corrected chi connectivity index (χ2v) is 2.93. The smallest absolute Gasteiger partial charge is 0.0912 e. The van der Waals surface area contributed by atoms with Gasteiger partial charge in [0.2, 0.25) is 0 Å². The van der Waals surface area contributed by atoms with E-state index >= 15 is 0 Å². The Morgan fingerprint density at radius 3 is 2.91 bits per heavy atom. The van der Waals surface area contributed by atoms with Crippen molar-refractivity contribution in [2.24, 2.45) is 0 Å². The molecule has 0 aliphatic heterocycles. The van der Waals surface area contributed by atoms with Crippen molar-refractivity contribution in [3.05, 3.63) is 40.4 Å². The average molecular weight is 208 g/mol. The molecule has 1 aromatic rings. The standard InChI is InChI=1S/C9H6BrN/c10-9-5-1-3-8(7-9)4-2-6-11/h1-5,7H/b4-2+. The average Bonchev–Trinajstić information content (AvgIpc) is 2.01. The van der Waals surface area contributed by atoms with E-state index in [1.54, 1.807) is 6.08 Å². The molecule has 0 unspecified atom stereocenters. The predicted molar refractivity (Wildman–Crippen MR) is 48.8 cm³/mol. The molecule has 0 spiro atoms. The second-order valence-electron chi connectivity index (χ2n) is 2.02. The molecule has 0 aliphatic carbocycles. The zero-order chi connectivity index (χ0) is 8.10. The molecular weight excluding hydrogens is 202 g/mol. The number of halogens is 1. The van der Waals surface area contributed by atoms with Crippen LogP contribution in [0.5, 0.6) is 0 Å². The molecule has 11 heavy (non-hydrogen) atoms. The van der Waals surface area contributed by atoms with Crippen LogP contribution >= 0.6 is 15.9 Å². The van der Waals surface area contributed by atoms with Crippen LogP contribution in [0.1, 0.15) is 5.56 Å². The Kier molecular flexibility index (Phi) is 2.88. The van der Waals surface area contributed by atoms with Crippen LogP contribution in [0, 0.1) is 11.3 Å². The van der Waals surface area contributed by atoms with Gasteiger partial charge in [-0.1, -0.05) is 28.1 Å². The number of benzene rings is 1. The summed E-state index contributed by atoms with van der Waals surface area (Å²) in [4.78, 5) is 0. The SMILES string of the molecule is N#C/C=C/c1cccc(Br)c1. The van der Waals surface area contributed by atoms with Crippen LogP contribution in [0.4, 0.5) is 0 Å². The first kappa shape index (κ1) is 8.03. The molecule has 0 heterocycles. The van der Waals surface area contributed by atoms with Crippen LogP contribution in [0.15, 0.2) is 34.8 Å². The fourth-order valence-electron chi connectivity index (χ4n) is 0.744. The lowest BCUT2D eigenvalue weighted by Gasteiger charge is -1.91. The van der Waals surface area contributed by atoms with Gasteiger partial charge in [0.05, 0.1) is 6.07 Å². The van der Waals surface area contributed by atoms with E-state index in [1.807, 2.05) is 30.3 Å². The van der Waals surface area contributed by atoms with Crippen LogP contribution < -0.4 is 0 Å². The molecule has 1 aromatic carbocycles. The van der Waals surface area contributed by atoms with Crippen molar-refractivity contribution in [2.75, 3.05) is 0 Å². The maximum Gasteiger partial charge on any atom is 0.0912 e. The second kappa shape index (κ2) is 3.95. The number of hydrogen-bond donors (Lipinski definition) is 0. The molecule has 0 radical (unpaired) electrons. The summed E-state index contributed by atoms with van der Waals surface area (Å²) < 4.78 is 1.03. The molecule has 0 saturated heterocycles. The van der Waals surface area contributed by atoms with Crippen molar-refractivity contribution in [3.63, 3.8) is 0 Å². The minimum Gasteiger partial charge on any atom is -0.193 e. The van der Waals surface area contributed by atoms with Crippen molar-refractivity contribution in [1.82, 2.24) is 0 Å². The highest BCUT2D eigenvalue weighted by Crippen LogP contribution is 2.12. The van der Waals surface area contributed by atoms with Crippen LogP contribution in [-0.4, -0.2) is 0 Å². The van der Waals surface area contributed by atoms with Crippen molar-refractivity contribution < 1.29 is 0 Å². The summed E-state index contributed by atoms with van der Waals surface area (Å²) in [6, 6.07) is 9.71. The molecule has 0 aromatic heterocycles. The summed E-state index contributed by atoms with van der Waals surface area (Å²) in [6.07, 6.45) is 3.23. The lowest BCUT2D eigenvalue weighted by atomic mass is 10.2. The summed E-state index contributed by atoms with van der Waals surface area (Å²) in [5.74, 6) is 0. The monoisotopic (exact) mass is 207 g/mol. The van der Waals surface area contributed by atoms with E-state index in [4.69, 9.17) is 5.26 Å². The zero-order valence-electron chi connectivity index (χ0n) is 5.79. The lowest BCUT2D eigenvalue weighted by molar-refractivity contribution is 1.53. The van der Waals surface area contributed by atoms with E-state index in [-0.39, 0.29) is 0 Å². The molecule has 54 valence electrons. The topological polar surface area (TPSA) is 23.8 Å². The van der Waals surface area contributed by atoms with E-state index in [1.165, 1.54) is 6.08 Å². The Labute approximate surface area is 74.1 Å². The first-order valence-electron chi connectivity index (χ1n) is 3.14. The Morgan fingerprint density at radius 2 is 2.27 bits per heavy atom. The molecule has 0 aliphatic rings. The van der Waals surface area contributed by atoms with Gasteiger partial charge in [-0.15, -0.1) is 0 Å². The van der Waals surface area contributed by atoms with Gasteiger partial charge < -0.3 is 0 Å². The van der Waals surface area contributed by atoms with Crippen molar-refractivity contribution >= 4 is 22.0 Å². The molecule has 0 atom stereocenters. The van der Waals surface area contributed by atoms with Gasteiger partial charge in [-0.05, 0) is 23.8 Å². The van der Waals surface area contributed by atoms with E-state index < -0.39 is 0 Å². The maximum atomic E-state index is 8.25. The summed E-state index contributed by atoms with van der Waals surface area (Å²) in [7, 11) is 0. The van der Waals surface area contributed by atoms with E-state index in [9.17, 15) is 0 Å². The van der Waals surface area contributed by atoms with Gasteiger partial charge in [-0.3, -0.25) is 0 Å². The van der Waals surface area contributed by atoms with Crippen LogP contribution in [0.25, 0.3) is 6.08 Å². The number of nitriles is 1. The van der Waals surface area contributed by atoms with Crippen molar-refractivity contribution in [2.45, 2.75) is 0 Å². The Bertz CT molecular complexity index is 310. The summed E-state index contributed by atoms with van der Waals surface area (Å²) >= 11 is 3.34. The third-order valence-corrected chi connectivity index (χ3v) is 1.69. The zero-order valence-corrected chi connectivity index (χ0v) is 7.38. The van der Waals surface area contributed by atoms with Crippen LogP contribution in [-0.2, 0) is 0 Å². The largest absolute Gasteiger partial charge is 0.193 e. The molecule has 0 fully saturated rings. The summed E-state index contributed by atoms with van der Waals surface area (Å²) in [5, 5.41) is 8.25. The quantitative estimate of drug-likeness (QED) is 0.650. The summed E-state index contributed by atoms with van der Waals surface area (Å²) in [5.41, 5.74) is 1.03. The molecular formula is C9H6BrN. The molecule has 0 amide bonds. The van der Waals surface area contributed by atoms with E-state index in [2.05, 4.69) is 15.9 Å². The highest BCUT2D eigenvalue weighted by molar-refractivity contribution is 9.10. The fraction of sp³-hybridized carbons (Fsp3) is 0. The molecule has 1 rings (SSSR count). The minimum atomic E-state index is 1.03. The highest BCUT2D eigenvalue weighted by atomic mass is 79.9. The number of hydrogen-bond acceptors (Lipinski definition) is 1. The number of nitrogens with zero attached hydrogens (tertiary/aromatic N) is 1. The number of rotatable bonds is 1. The lowest BCUT2D eigenvalue weighted by Crippen LogP contribution is -1.69. The molecule has 2 heteroatoms. The Hall–Kier alpha value is -1.07. The molecule has 0 N–H and O–H groups in total. The molecule has 0 saturated carbocycles. The molecule has 0 bridgehead atoms. The van der Waals surface area contributed by atoms with Crippen molar-refractivity contribution in [3.8, 4) is 6.07 Å². The van der Waals surface area contributed by atoms with Crippen LogP contribution in [0.3, 0.4) is 0 Å². The minimum absolute atomic E-state index is 1.03. The van der Waals surface area contributed by atoms with Gasteiger partial charge in [0.1, 0.15) is 0 Å². The van der Waals surface area contributed by atoms with E-state index in [0.717, 1.165) is 10.0 Å². The first-order valence-corrected chi connectivity index (χ1v) is 3.94.